The monoisotopic (exact) mass is 375 g/mol. The van der Waals surface area contributed by atoms with Crippen LogP contribution < -0.4 is 10.6 Å². The lowest BCUT2D eigenvalue weighted by Crippen LogP contribution is -2.46. The lowest BCUT2D eigenvalue weighted by molar-refractivity contribution is 0.214. The summed E-state index contributed by atoms with van der Waals surface area (Å²) >= 11 is 0. The first-order valence-electron chi connectivity index (χ1n) is 7.38. The molecular formula is C14H23Cl2N7O. The van der Waals surface area contributed by atoms with Gasteiger partial charge in [0.15, 0.2) is 5.82 Å². The number of halogens is 2. The Morgan fingerprint density at radius 2 is 1.75 bits per heavy atom. The number of aromatic nitrogens is 4. The van der Waals surface area contributed by atoms with Crippen LogP contribution >= 0.6 is 24.8 Å². The zero-order chi connectivity index (χ0) is 15.6. The molecule has 0 saturated carbocycles. The summed E-state index contributed by atoms with van der Waals surface area (Å²) in [7, 11) is 0. The number of hydrogen-bond acceptors (Lipinski definition) is 8. The lowest BCUT2D eigenvalue weighted by Gasteiger charge is -2.33. The van der Waals surface area contributed by atoms with E-state index >= 15 is 0 Å². The standard InChI is InChI=1S/C14H21N7O.2ClH/c1-14(2,15)12-18-11(22-19-12)10-20-6-8-21(9-7-20)13-16-4-3-5-17-13;;/h3-5H,6-10,15H2,1-2H3;2*1H. The first-order valence-corrected chi connectivity index (χ1v) is 7.38. The molecule has 0 radical (unpaired) electrons. The summed E-state index contributed by atoms with van der Waals surface area (Å²) in [5.74, 6) is 1.93. The highest BCUT2D eigenvalue weighted by Crippen LogP contribution is 2.15. The highest BCUT2D eigenvalue weighted by molar-refractivity contribution is 5.85. The lowest BCUT2D eigenvalue weighted by atomic mass is 10.1. The van der Waals surface area contributed by atoms with Gasteiger partial charge in [0.05, 0.1) is 12.1 Å². The molecule has 1 aliphatic rings. The van der Waals surface area contributed by atoms with Crippen molar-refractivity contribution in [3.63, 3.8) is 0 Å². The number of nitrogens with two attached hydrogens (primary N) is 1. The molecule has 2 aromatic heterocycles. The van der Waals surface area contributed by atoms with Gasteiger partial charge >= 0.3 is 0 Å². The fourth-order valence-corrected chi connectivity index (χ4v) is 2.33. The van der Waals surface area contributed by atoms with Crippen molar-refractivity contribution in [3.8, 4) is 0 Å². The van der Waals surface area contributed by atoms with Gasteiger partial charge in [-0.1, -0.05) is 5.16 Å². The Kier molecular flexibility index (Phi) is 7.34. The van der Waals surface area contributed by atoms with Crippen LogP contribution in [0.2, 0.25) is 0 Å². The van der Waals surface area contributed by atoms with Gasteiger partial charge in [-0.3, -0.25) is 4.90 Å². The molecule has 2 aromatic rings. The minimum Gasteiger partial charge on any atom is -0.338 e. The summed E-state index contributed by atoms with van der Waals surface area (Å²) in [5, 5.41) is 3.95. The highest BCUT2D eigenvalue weighted by atomic mass is 35.5. The van der Waals surface area contributed by atoms with Crippen LogP contribution in [-0.4, -0.2) is 51.2 Å². The fraction of sp³-hybridized carbons (Fsp3) is 0.571. The second-order valence-electron chi connectivity index (χ2n) is 6.05. The number of rotatable bonds is 4. The van der Waals surface area contributed by atoms with Crippen molar-refractivity contribution in [1.82, 2.24) is 25.0 Å². The van der Waals surface area contributed by atoms with E-state index in [0.717, 1.165) is 32.1 Å². The molecule has 0 unspecified atom stereocenters. The minimum absolute atomic E-state index is 0. The van der Waals surface area contributed by atoms with Crippen molar-refractivity contribution in [3.05, 3.63) is 30.2 Å². The summed E-state index contributed by atoms with van der Waals surface area (Å²) in [6, 6.07) is 1.83. The van der Waals surface area contributed by atoms with E-state index in [1.807, 2.05) is 19.9 Å². The molecule has 8 nitrogen and oxygen atoms in total. The molecule has 1 aliphatic heterocycles. The quantitative estimate of drug-likeness (QED) is 0.851. The van der Waals surface area contributed by atoms with Gasteiger partial charge in [-0.2, -0.15) is 4.98 Å². The Morgan fingerprint density at radius 3 is 2.29 bits per heavy atom. The molecule has 3 heterocycles. The summed E-state index contributed by atoms with van der Waals surface area (Å²) in [6.07, 6.45) is 3.53. The molecule has 1 fully saturated rings. The molecule has 24 heavy (non-hydrogen) atoms. The highest BCUT2D eigenvalue weighted by Gasteiger charge is 2.24. The molecule has 134 valence electrons. The fourth-order valence-electron chi connectivity index (χ4n) is 2.33. The van der Waals surface area contributed by atoms with Gasteiger partial charge < -0.3 is 15.2 Å². The third-order valence-electron chi connectivity index (χ3n) is 3.61. The van der Waals surface area contributed by atoms with Crippen LogP contribution in [0.4, 0.5) is 5.95 Å². The molecule has 1 saturated heterocycles. The second kappa shape index (κ2) is 8.57. The number of hydrogen-bond donors (Lipinski definition) is 1. The minimum atomic E-state index is -0.578. The van der Waals surface area contributed by atoms with Crippen LogP contribution in [0.25, 0.3) is 0 Å². The van der Waals surface area contributed by atoms with Crippen LogP contribution in [0.15, 0.2) is 23.0 Å². The summed E-state index contributed by atoms with van der Waals surface area (Å²) < 4.78 is 5.28. The Bertz CT molecular complexity index is 609. The number of nitrogens with zero attached hydrogens (tertiary/aromatic N) is 6. The predicted molar refractivity (Wildman–Crippen MR) is 95.5 cm³/mol. The topological polar surface area (TPSA) is 97.2 Å². The van der Waals surface area contributed by atoms with Crippen molar-refractivity contribution in [2.24, 2.45) is 5.73 Å². The largest absolute Gasteiger partial charge is 0.338 e. The zero-order valence-electron chi connectivity index (χ0n) is 13.8. The van der Waals surface area contributed by atoms with Crippen molar-refractivity contribution < 1.29 is 4.52 Å². The summed E-state index contributed by atoms with van der Waals surface area (Å²) in [5.41, 5.74) is 5.39. The first-order chi connectivity index (χ1) is 10.5. The van der Waals surface area contributed by atoms with Crippen LogP contribution in [-0.2, 0) is 12.1 Å². The predicted octanol–water partition coefficient (Wildman–Crippen LogP) is 1.22. The third-order valence-corrected chi connectivity index (χ3v) is 3.61. The molecule has 2 N–H and O–H groups in total. The maximum Gasteiger partial charge on any atom is 0.240 e. The van der Waals surface area contributed by atoms with Crippen molar-refractivity contribution in [2.45, 2.75) is 25.9 Å². The average molecular weight is 376 g/mol. The van der Waals surface area contributed by atoms with E-state index in [4.69, 9.17) is 10.3 Å². The van der Waals surface area contributed by atoms with Gasteiger partial charge in [0.25, 0.3) is 0 Å². The Labute approximate surface area is 153 Å². The smallest absolute Gasteiger partial charge is 0.240 e. The van der Waals surface area contributed by atoms with Crippen LogP contribution in [0.3, 0.4) is 0 Å². The van der Waals surface area contributed by atoms with E-state index in [1.165, 1.54) is 0 Å². The Balaban J connectivity index is 0.00000144. The molecule has 0 aromatic carbocycles. The van der Waals surface area contributed by atoms with Gasteiger partial charge in [-0.15, -0.1) is 24.8 Å². The van der Waals surface area contributed by atoms with E-state index in [-0.39, 0.29) is 24.8 Å². The SMILES string of the molecule is CC(C)(N)c1noc(CN2CCN(c3ncccn3)CC2)n1.Cl.Cl. The molecular weight excluding hydrogens is 353 g/mol. The van der Waals surface area contributed by atoms with Crippen LogP contribution in [0.5, 0.6) is 0 Å². The molecule has 0 atom stereocenters. The van der Waals surface area contributed by atoms with Crippen molar-refractivity contribution in [2.75, 3.05) is 31.1 Å². The van der Waals surface area contributed by atoms with E-state index in [2.05, 4.69) is 29.9 Å². The van der Waals surface area contributed by atoms with Crippen LogP contribution in [0.1, 0.15) is 25.6 Å². The normalized spacial score (nSPS) is 15.5. The third kappa shape index (κ3) is 5.01. The molecule has 0 aliphatic carbocycles. The molecule has 10 heteroatoms. The molecule has 0 bridgehead atoms. The Morgan fingerprint density at radius 1 is 1.12 bits per heavy atom. The Hall–Kier alpha value is -1.48. The second-order valence-corrected chi connectivity index (χ2v) is 6.05. The molecule has 3 rings (SSSR count). The zero-order valence-corrected chi connectivity index (χ0v) is 15.4. The van der Waals surface area contributed by atoms with E-state index in [9.17, 15) is 0 Å². The van der Waals surface area contributed by atoms with Crippen LogP contribution in [0, 0.1) is 0 Å². The van der Waals surface area contributed by atoms with E-state index < -0.39 is 5.54 Å². The maximum absolute atomic E-state index is 5.97. The molecule has 0 amide bonds. The number of piperazine rings is 1. The number of anilines is 1. The van der Waals surface area contributed by atoms with Gasteiger partial charge in [-0.05, 0) is 19.9 Å². The summed E-state index contributed by atoms with van der Waals surface area (Å²) in [4.78, 5) is 17.4. The average Bonchev–Trinajstić information content (AvgIpc) is 2.98. The van der Waals surface area contributed by atoms with Gasteiger partial charge in [0.2, 0.25) is 11.8 Å². The van der Waals surface area contributed by atoms with Gasteiger partial charge in [-0.25, -0.2) is 9.97 Å². The first kappa shape index (κ1) is 20.6. The maximum atomic E-state index is 5.97. The summed E-state index contributed by atoms with van der Waals surface area (Å²) in [6.45, 7) is 7.94. The molecule has 0 spiro atoms. The van der Waals surface area contributed by atoms with E-state index in [1.54, 1.807) is 12.4 Å². The van der Waals surface area contributed by atoms with Crippen molar-refractivity contribution >= 4 is 30.8 Å². The van der Waals surface area contributed by atoms with Gasteiger partial charge in [0.1, 0.15) is 0 Å². The van der Waals surface area contributed by atoms with Crippen molar-refractivity contribution in [1.29, 1.82) is 0 Å². The van der Waals surface area contributed by atoms with E-state index in [0.29, 0.717) is 18.3 Å². The van der Waals surface area contributed by atoms with Gasteiger partial charge in [0, 0.05) is 38.6 Å².